The zero-order valence-corrected chi connectivity index (χ0v) is 18.0. The van der Waals surface area contributed by atoms with Gasteiger partial charge in [-0.15, -0.1) is 24.8 Å². The highest BCUT2D eigenvalue weighted by Gasteiger charge is 2.25. The molecule has 1 unspecified atom stereocenters. The average molecular weight is 419 g/mol. The fraction of sp³-hybridized carbons (Fsp3) is 0.526. The summed E-state index contributed by atoms with van der Waals surface area (Å²) in [5.41, 5.74) is 2.13. The summed E-state index contributed by atoms with van der Waals surface area (Å²) in [6.07, 6.45) is 0.826. The van der Waals surface area contributed by atoms with E-state index in [0.717, 1.165) is 36.0 Å². The van der Waals surface area contributed by atoms with E-state index in [1.165, 1.54) is 0 Å². The first-order valence-corrected chi connectivity index (χ1v) is 8.54. The smallest absolute Gasteiger partial charge is 0.341 e. The van der Waals surface area contributed by atoms with Gasteiger partial charge in [-0.3, -0.25) is 4.90 Å². The van der Waals surface area contributed by atoms with Crippen LogP contribution in [0.3, 0.4) is 0 Å². The van der Waals surface area contributed by atoms with Gasteiger partial charge in [0.2, 0.25) is 0 Å². The van der Waals surface area contributed by atoms with Crippen molar-refractivity contribution < 1.29 is 13.9 Å². The van der Waals surface area contributed by atoms with Crippen molar-refractivity contribution in [3.63, 3.8) is 0 Å². The first-order chi connectivity index (χ1) is 11.9. The van der Waals surface area contributed by atoms with Crippen molar-refractivity contribution in [1.29, 1.82) is 0 Å². The molecule has 2 aromatic rings. The molecule has 0 N–H and O–H groups in total. The summed E-state index contributed by atoms with van der Waals surface area (Å²) < 4.78 is 16.3. The summed E-state index contributed by atoms with van der Waals surface area (Å²) in [5, 5.41) is 0.938. The molecule has 6 nitrogen and oxygen atoms in total. The molecule has 0 amide bonds. The molecule has 27 heavy (non-hydrogen) atoms. The lowest BCUT2D eigenvalue weighted by Crippen LogP contribution is -2.42. The minimum Gasteiger partial charge on any atom is -0.493 e. The lowest BCUT2D eigenvalue weighted by Gasteiger charge is -2.32. The highest BCUT2D eigenvalue weighted by atomic mass is 35.5. The van der Waals surface area contributed by atoms with Crippen molar-refractivity contribution in [2.45, 2.75) is 25.9 Å². The van der Waals surface area contributed by atoms with E-state index in [9.17, 15) is 4.79 Å². The van der Waals surface area contributed by atoms with Crippen LogP contribution in [0.15, 0.2) is 21.3 Å². The molecule has 1 aliphatic heterocycles. The minimum absolute atomic E-state index is 0. The Labute approximate surface area is 172 Å². The van der Waals surface area contributed by atoms with Crippen LogP contribution in [0.5, 0.6) is 11.5 Å². The van der Waals surface area contributed by atoms with Crippen LogP contribution >= 0.6 is 24.8 Å². The van der Waals surface area contributed by atoms with Crippen molar-refractivity contribution in [2.75, 3.05) is 41.4 Å². The molecular weight excluding hydrogens is 391 g/mol. The second kappa shape index (κ2) is 9.64. The van der Waals surface area contributed by atoms with E-state index in [4.69, 9.17) is 13.9 Å². The Morgan fingerprint density at radius 3 is 2.37 bits per heavy atom. The fourth-order valence-electron chi connectivity index (χ4n) is 3.34. The molecule has 0 radical (unpaired) electrons. The summed E-state index contributed by atoms with van der Waals surface area (Å²) in [4.78, 5) is 17.0. The number of methoxy groups -OCH3 is 2. The number of ether oxygens (including phenoxy) is 2. The minimum atomic E-state index is -0.253. The van der Waals surface area contributed by atoms with Gasteiger partial charge in [-0.25, -0.2) is 4.79 Å². The lowest BCUT2D eigenvalue weighted by atomic mass is 9.97. The van der Waals surface area contributed by atoms with Crippen LogP contribution in [0, 0.1) is 0 Å². The van der Waals surface area contributed by atoms with Gasteiger partial charge in [0.15, 0.2) is 11.5 Å². The number of fused-ring (bicyclic) bond motifs is 3. The first kappa shape index (κ1) is 23.6. The predicted octanol–water partition coefficient (Wildman–Crippen LogP) is 2.96. The Kier molecular flexibility index (Phi) is 8.42. The van der Waals surface area contributed by atoms with Crippen molar-refractivity contribution in [3.8, 4) is 11.5 Å². The molecule has 1 atom stereocenters. The monoisotopic (exact) mass is 418 g/mol. The van der Waals surface area contributed by atoms with Crippen LogP contribution in [-0.4, -0.2) is 57.2 Å². The Morgan fingerprint density at radius 2 is 1.78 bits per heavy atom. The summed E-state index contributed by atoms with van der Waals surface area (Å²) >= 11 is 0. The number of hydrogen-bond donors (Lipinski definition) is 0. The number of halogens is 2. The van der Waals surface area contributed by atoms with E-state index in [0.29, 0.717) is 29.7 Å². The molecule has 0 bridgehead atoms. The number of hydrogen-bond acceptors (Lipinski definition) is 6. The Balaban J connectivity index is 0.00000182. The topological polar surface area (TPSA) is 55.2 Å². The standard InChI is InChI=1S/C19H26N2O4.2ClH/c1-12(20(2)3)10-21-7-6-13-14-8-17(23-4)18(24-5)9-16(14)25-19(22)15(13)11-21;;/h8-9,12H,6-7,10-11H2,1-5H3;2*1H. The van der Waals surface area contributed by atoms with Crippen LogP contribution < -0.4 is 15.1 Å². The van der Waals surface area contributed by atoms with E-state index in [2.05, 4.69) is 30.8 Å². The first-order valence-electron chi connectivity index (χ1n) is 8.54. The van der Waals surface area contributed by atoms with Crippen LogP contribution in [0.25, 0.3) is 11.0 Å². The molecule has 1 aromatic carbocycles. The van der Waals surface area contributed by atoms with Crippen LogP contribution in [0.2, 0.25) is 0 Å². The highest BCUT2D eigenvalue weighted by molar-refractivity contribution is 5.86. The van der Waals surface area contributed by atoms with Gasteiger partial charge in [0.1, 0.15) is 5.58 Å². The molecule has 1 aromatic heterocycles. The molecule has 0 spiro atoms. The molecule has 0 aliphatic carbocycles. The molecule has 2 heterocycles. The predicted molar refractivity (Wildman–Crippen MR) is 112 cm³/mol. The van der Waals surface area contributed by atoms with Crippen LogP contribution in [0.1, 0.15) is 18.1 Å². The van der Waals surface area contributed by atoms with E-state index >= 15 is 0 Å². The zero-order chi connectivity index (χ0) is 18.1. The van der Waals surface area contributed by atoms with E-state index in [1.807, 2.05) is 6.07 Å². The van der Waals surface area contributed by atoms with Gasteiger partial charge in [-0.05, 0) is 39.1 Å². The molecule has 0 fully saturated rings. The third-order valence-electron chi connectivity index (χ3n) is 5.09. The highest BCUT2D eigenvalue weighted by Crippen LogP contribution is 2.35. The number of nitrogens with zero attached hydrogens (tertiary/aromatic N) is 2. The van der Waals surface area contributed by atoms with Crippen LogP contribution in [0.4, 0.5) is 0 Å². The van der Waals surface area contributed by atoms with Gasteiger partial charge in [0, 0.05) is 37.1 Å². The average Bonchev–Trinajstić information content (AvgIpc) is 2.60. The van der Waals surface area contributed by atoms with E-state index < -0.39 is 0 Å². The molecule has 152 valence electrons. The third kappa shape index (κ3) is 4.69. The quantitative estimate of drug-likeness (QED) is 0.695. The van der Waals surface area contributed by atoms with Crippen molar-refractivity contribution in [1.82, 2.24) is 9.80 Å². The second-order valence-electron chi connectivity index (χ2n) is 6.85. The third-order valence-corrected chi connectivity index (χ3v) is 5.09. The van der Waals surface area contributed by atoms with E-state index in [-0.39, 0.29) is 30.4 Å². The van der Waals surface area contributed by atoms with Crippen molar-refractivity contribution >= 4 is 35.8 Å². The van der Waals surface area contributed by atoms with Gasteiger partial charge in [-0.2, -0.15) is 0 Å². The summed E-state index contributed by atoms with van der Waals surface area (Å²) in [7, 11) is 7.33. The summed E-state index contributed by atoms with van der Waals surface area (Å²) in [6.45, 7) is 4.67. The van der Waals surface area contributed by atoms with Gasteiger partial charge < -0.3 is 18.8 Å². The maximum Gasteiger partial charge on any atom is 0.341 e. The van der Waals surface area contributed by atoms with Crippen molar-refractivity contribution in [3.05, 3.63) is 33.7 Å². The molecule has 0 saturated carbocycles. The number of rotatable bonds is 5. The Morgan fingerprint density at radius 1 is 1.15 bits per heavy atom. The van der Waals surface area contributed by atoms with Gasteiger partial charge in [0.25, 0.3) is 0 Å². The van der Waals surface area contributed by atoms with Gasteiger partial charge in [-0.1, -0.05) is 0 Å². The number of likely N-dealkylation sites (N-methyl/N-ethyl adjacent to an activating group) is 1. The van der Waals surface area contributed by atoms with E-state index in [1.54, 1.807) is 20.3 Å². The molecule has 3 rings (SSSR count). The molecular formula is C19H28Cl2N2O4. The lowest BCUT2D eigenvalue weighted by molar-refractivity contribution is 0.179. The SMILES string of the molecule is COc1cc2oc(=O)c3c(c2cc1OC)CCN(CC(C)N(C)C)C3.Cl.Cl. The van der Waals surface area contributed by atoms with Crippen LogP contribution in [-0.2, 0) is 13.0 Å². The fourth-order valence-corrected chi connectivity index (χ4v) is 3.34. The second-order valence-corrected chi connectivity index (χ2v) is 6.85. The normalized spacial score (nSPS) is 14.9. The molecule has 8 heteroatoms. The largest absolute Gasteiger partial charge is 0.493 e. The Bertz CT molecular complexity index is 839. The molecule has 1 aliphatic rings. The Hall–Kier alpha value is -1.47. The maximum absolute atomic E-state index is 12.5. The van der Waals surface area contributed by atoms with Gasteiger partial charge >= 0.3 is 5.63 Å². The number of benzene rings is 1. The maximum atomic E-state index is 12.5. The molecule has 0 saturated heterocycles. The zero-order valence-electron chi connectivity index (χ0n) is 16.4. The van der Waals surface area contributed by atoms with Crippen molar-refractivity contribution in [2.24, 2.45) is 0 Å². The summed E-state index contributed by atoms with van der Waals surface area (Å²) in [5.74, 6) is 1.21. The van der Waals surface area contributed by atoms with Gasteiger partial charge in [0.05, 0.1) is 19.8 Å². The summed E-state index contributed by atoms with van der Waals surface area (Å²) in [6, 6.07) is 4.07.